The minimum absolute atomic E-state index is 0.108. The van der Waals surface area contributed by atoms with Crippen LogP contribution >= 0.6 is 11.8 Å². The highest BCUT2D eigenvalue weighted by molar-refractivity contribution is 8.25. The first-order valence-corrected chi connectivity index (χ1v) is 15.7. The Hall–Kier alpha value is -4.34. The number of thioether (sulfide) groups is 1. The first kappa shape index (κ1) is 31.6. The zero-order valence-electron chi connectivity index (χ0n) is 24.1. The Labute approximate surface area is 254 Å². The van der Waals surface area contributed by atoms with Crippen molar-refractivity contribution in [3.05, 3.63) is 78.1 Å². The number of amides is 3. The summed E-state index contributed by atoms with van der Waals surface area (Å²) in [6, 6.07) is 14.3. The molecular formula is C31H31N3O7S2. The molecule has 1 atom stereocenters. The second kappa shape index (κ2) is 12.9. The maximum absolute atomic E-state index is 13.8. The lowest BCUT2D eigenvalue weighted by atomic mass is 10.1. The predicted molar refractivity (Wildman–Crippen MR) is 164 cm³/mol. The molecule has 0 spiro atoms. The Morgan fingerprint density at radius 2 is 1.72 bits per heavy atom. The topological polar surface area (TPSA) is 141 Å². The van der Waals surface area contributed by atoms with Crippen molar-refractivity contribution in [2.45, 2.75) is 61.5 Å². The number of benzene rings is 2. The molecule has 43 heavy (non-hydrogen) atoms. The molecule has 4 rings (SSSR count). The van der Waals surface area contributed by atoms with E-state index in [0.717, 1.165) is 5.56 Å². The number of hydrogen-bond donors (Lipinski definition) is 2. The van der Waals surface area contributed by atoms with Crippen LogP contribution in [-0.2, 0) is 19.4 Å². The minimum Gasteiger partial charge on any atom is -0.457 e. The smallest absolute Gasteiger partial charge is 0.412 e. The highest BCUT2D eigenvalue weighted by Crippen LogP contribution is 2.44. The molecule has 0 aliphatic carbocycles. The molecule has 3 aromatic rings. The largest absolute Gasteiger partial charge is 0.457 e. The van der Waals surface area contributed by atoms with E-state index >= 15 is 0 Å². The van der Waals surface area contributed by atoms with Crippen LogP contribution in [0.1, 0.15) is 51.2 Å². The van der Waals surface area contributed by atoms with E-state index in [4.69, 9.17) is 9.47 Å². The fourth-order valence-corrected chi connectivity index (χ4v) is 7.50. The first-order valence-electron chi connectivity index (χ1n) is 13.4. The molecular weight excluding hydrogens is 590 g/mol. The van der Waals surface area contributed by atoms with Crippen LogP contribution in [-0.4, -0.2) is 40.3 Å². The number of hydrogen-bond acceptors (Lipinski definition) is 9. The van der Waals surface area contributed by atoms with Crippen LogP contribution in [0.3, 0.4) is 0 Å². The molecule has 0 radical (unpaired) electrons. The van der Waals surface area contributed by atoms with Gasteiger partial charge < -0.3 is 9.47 Å². The summed E-state index contributed by atoms with van der Waals surface area (Å²) in [5.41, 5.74) is 1.44. The molecule has 0 saturated carbocycles. The van der Waals surface area contributed by atoms with Gasteiger partial charge in [0.05, 0.1) is 4.90 Å². The van der Waals surface area contributed by atoms with Crippen LogP contribution in [0.5, 0.6) is 11.5 Å². The van der Waals surface area contributed by atoms with Crippen molar-refractivity contribution >= 4 is 44.5 Å². The van der Waals surface area contributed by atoms with E-state index < -0.39 is 36.8 Å². The van der Waals surface area contributed by atoms with Gasteiger partial charge in [-0.3, -0.25) is 25.2 Å². The summed E-state index contributed by atoms with van der Waals surface area (Å²) < 4.78 is 36.5. The third-order valence-electron chi connectivity index (χ3n) is 6.19. The van der Waals surface area contributed by atoms with E-state index in [2.05, 4.69) is 27.5 Å². The molecule has 1 fully saturated rings. The number of carbonyl (C=O) groups excluding carboxylic acids is 3. The Morgan fingerprint density at radius 1 is 1.05 bits per heavy atom. The molecule has 2 heterocycles. The molecule has 1 aliphatic heterocycles. The number of carbonyl (C=O) groups is 3. The predicted octanol–water partition coefficient (Wildman–Crippen LogP) is 6.20. The van der Waals surface area contributed by atoms with Crippen LogP contribution in [0.25, 0.3) is 0 Å². The third kappa shape index (κ3) is 7.74. The van der Waals surface area contributed by atoms with Crippen LogP contribution in [0.2, 0.25) is 0 Å². The first-order chi connectivity index (χ1) is 20.3. The van der Waals surface area contributed by atoms with E-state index in [1.807, 2.05) is 13.0 Å². The van der Waals surface area contributed by atoms with Gasteiger partial charge in [0, 0.05) is 30.1 Å². The molecule has 10 nitrogen and oxygen atoms in total. The number of nitrogens with one attached hydrogen (secondary N) is 2. The summed E-state index contributed by atoms with van der Waals surface area (Å²) in [4.78, 5) is 41.0. The quantitative estimate of drug-likeness (QED) is 0.222. The number of aryl methyl sites for hydroxylation is 1. The standard InChI is InChI=1S/C31H31N3O7S2/c1-21-9-10-23(33-28(36)41-30(2,3)4)20-22(21)8-6-5-7-17-31(27(35)34-29(37)42-31)43(38,39)26-13-11-24(12-14-26)40-25-15-18-32-19-16-25/h9-16,18-20H,5,7,17H2,1-4H3,(H,33,36)(H,34,35,37). The molecule has 12 heteroatoms. The third-order valence-corrected chi connectivity index (χ3v) is 10.3. The van der Waals surface area contributed by atoms with Crippen LogP contribution in [0.4, 0.5) is 15.3 Å². The number of aromatic nitrogens is 1. The van der Waals surface area contributed by atoms with Crippen molar-refractivity contribution < 1.29 is 32.3 Å². The fourth-order valence-electron chi connectivity index (χ4n) is 4.13. The highest BCUT2D eigenvalue weighted by Gasteiger charge is 2.57. The number of imide groups is 1. The van der Waals surface area contributed by atoms with Gasteiger partial charge in [0.2, 0.25) is 13.9 Å². The van der Waals surface area contributed by atoms with E-state index in [1.165, 1.54) is 24.3 Å². The number of rotatable bonds is 8. The number of pyridine rings is 1. The Morgan fingerprint density at radius 3 is 2.35 bits per heavy atom. The zero-order valence-corrected chi connectivity index (χ0v) is 25.7. The summed E-state index contributed by atoms with van der Waals surface area (Å²) in [6.45, 7) is 7.19. The summed E-state index contributed by atoms with van der Waals surface area (Å²) in [7, 11) is -4.28. The minimum atomic E-state index is -4.28. The monoisotopic (exact) mass is 621 g/mol. The van der Waals surface area contributed by atoms with Crippen molar-refractivity contribution in [3.63, 3.8) is 0 Å². The molecule has 1 saturated heterocycles. The van der Waals surface area contributed by atoms with E-state index in [-0.39, 0.29) is 24.2 Å². The van der Waals surface area contributed by atoms with Crippen molar-refractivity contribution in [1.29, 1.82) is 0 Å². The van der Waals surface area contributed by atoms with Gasteiger partial charge in [-0.1, -0.05) is 17.9 Å². The summed E-state index contributed by atoms with van der Waals surface area (Å²) in [5, 5.41) is 4.09. The fraction of sp³-hybridized carbons (Fsp3) is 0.290. The summed E-state index contributed by atoms with van der Waals surface area (Å²) >= 11 is 0.472. The van der Waals surface area contributed by atoms with Crippen LogP contribution in [0.15, 0.2) is 71.9 Å². The lowest BCUT2D eigenvalue weighted by Gasteiger charge is -2.24. The second-order valence-corrected chi connectivity index (χ2v) is 14.4. The van der Waals surface area contributed by atoms with Gasteiger partial charge in [-0.05, 0) is 106 Å². The van der Waals surface area contributed by atoms with Gasteiger partial charge >= 0.3 is 6.09 Å². The maximum atomic E-state index is 13.8. The molecule has 2 aromatic carbocycles. The summed E-state index contributed by atoms with van der Waals surface area (Å²) in [5.74, 6) is 6.12. The second-order valence-electron chi connectivity index (χ2n) is 10.7. The SMILES string of the molecule is Cc1ccc(NC(=O)OC(C)(C)C)cc1C#CCCCC1(S(=O)(=O)c2ccc(Oc3ccncc3)cc2)SC(=O)NC1=O. The number of ether oxygens (including phenoxy) is 2. The van der Waals surface area contributed by atoms with Crippen LogP contribution in [0, 0.1) is 18.8 Å². The van der Waals surface area contributed by atoms with Crippen molar-refractivity contribution in [1.82, 2.24) is 10.3 Å². The molecule has 3 amide bonds. The molecule has 1 aromatic heterocycles. The Kier molecular flexibility index (Phi) is 9.47. The Balaban J connectivity index is 1.46. The van der Waals surface area contributed by atoms with Gasteiger partial charge in [0.25, 0.3) is 11.1 Å². The van der Waals surface area contributed by atoms with Gasteiger partial charge in [0.15, 0.2) is 0 Å². The number of nitrogens with zero attached hydrogens (tertiary/aromatic N) is 1. The molecule has 1 aliphatic rings. The molecule has 2 N–H and O–H groups in total. The van der Waals surface area contributed by atoms with Gasteiger partial charge in [-0.15, -0.1) is 0 Å². The normalized spacial score (nSPS) is 16.6. The Bertz CT molecular complexity index is 1690. The van der Waals surface area contributed by atoms with Crippen molar-refractivity contribution in [3.8, 4) is 23.3 Å². The average molecular weight is 622 g/mol. The lowest BCUT2D eigenvalue weighted by Crippen LogP contribution is -2.43. The lowest BCUT2D eigenvalue weighted by molar-refractivity contribution is -0.120. The van der Waals surface area contributed by atoms with Gasteiger partial charge in [-0.25, -0.2) is 13.2 Å². The van der Waals surface area contributed by atoms with E-state index in [0.29, 0.717) is 34.5 Å². The number of unbranched alkanes of at least 4 members (excludes halogenated alkanes) is 1. The van der Waals surface area contributed by atoms with E-state index in [9.17, 15) is 22.8 Å². The highest BCUT2D eigenvalue weighted by atomic mass is 32.3. The van der Waals surface area contributed by atoms with E-state index in [1.54, 1.807) is 57.4 Å². The van der Waals surface area contributed by atoms with Crippen molar-refractivity contribution in [2.24, 2.45) is 0 Å². The molecule has 1 unspecified atom stereocenters. The number of sulfone groups is 1. The average Bonchev–Trinajstić information content (AvgIpc) is 3.24. The zero-order chi connectivity index (χ0) is 31.3. The maximum Gasteiger partial charge on any atom is 0.412 e. The van der Waals surface area contributed by atoms with Gasteiger partial charge in [-0.2, -0.15) is 0 Å². The number of anilines is 1. The summed E-state index contributed by atoms with van der Waals surface area (Å²) in [6.07, 6.45) is 2.93. The van der Waals surface area contributed by atoms with Crippen molar-refractivity contribution in [2.75, 3.05) is 5.32 Å². The molecule has 0 bridgehead atoms. The van der Waals surface area contributed by atoms with Crippen LogP contribution < -0.4 is 15.4 Å². The molecule has 224 valence electrons. The van der Waals surface area contributed by atoms with Gasteiger partial charge in [0.1, 0.15) is 17.1 Å².